The van der Waals surface area contributed by atoms with Crippen LogP contribution in [0.1, 0.15) is 46.0 Å². The SMILES string of the molecule is CCC1CCCCCN1C(=O)N1CC(C(C)C(=O)O)C1. The predicted octanol–water partition coefficient (Wildman–Crippen LogP) is 2.41. The standard InChI is InChI=1S/C15H26N2O3/c1-3-13-7-5-4-6-8-17(13)15(20)16-9-12(10-16)11(2)14(18)19/h11-13H,3-10H2,1-2H3,(H,18,19). The van der Waals surface area contributed by atoms with Gasteiger partial charge in [-0.05, 0) is 19.3 Å². The normalized spacial score (nSPS) is 25.8. The van der Waals surface area contributed by atoms with Gasteiger partial charge >= 0.3 is 12.0 Å². The van der Waals surface area contributed by atoms with Gasteiger partial charge < -0.3 is 14.9 Å². The molecule has 0 aromatic heterocycles. The zero-order valence-electron chi connectivity index (χ0n) is 12.5. The minimum atomic E-state index is -0.761. The summed E-state index contributed by atoms with van der Waals surface area (Å²) in [6.45, 7) is 5.92. The molecule has 0 aromatic carbocycles. The van der Waals surface area contributed by atoms with Gasteiger partial charge in [-0.15, -0.1) is 0 Å². The smallest absolute Gasteiger partial charge is 0.320 e. The number of hydrogen-bond donors (Lipinski definition) is 1. The molecule has 0 aliphatic carbocycles. The number of nitrogens with zero attached hydrogens (tertiary/aromatic N) is 2. The molecule has 2 rings (SSSR count). The number of urea groups is 1. The zero-order valence-corrected chi connectivity index (χ0v) is 12.5. The van der Waals surface area contributed by atoms with E-state index < -0.39 is 5.97 Å². The van der Waals surface area contributed by atoms with Gasteiger partial charge in [-0.2, -0.15) is 0 Å². The quantitative estimate of drug-likeness (QED) is 0.864. The maximum atomic E-state index is 12.5. The molecule has 0 saturated carbocycles. The zero-order chi connectivity index (χ0) is 14.7. The molecule has 0 aromatic rings. The van der Waals surface area contributed by atoms with Gasteiger partial charge in [-0.3, -0.25) is 4.79 Å². The number of carbonyl (C=O) groups excluding carboxylic acids is 1. The van der Waals surface area contributed by atoms with E-state index in [4.69, 9.17) is 5.11 Å². The summed E-state index contributed by atoms with van der Waals surface area (Å²) in [4.78, 5) is 27.3. The Bertz CT molecular complexity index is 366. The van der Waals surface area contributed by atoms with Gasteiger partial charge in [-0.25, -0.2) is 4.79 Å². The Labute approximate surface area is 120 Å². The Balaban J connectivity index is 1.90. The molecule has 114 valence electrons. The van der Waals surface area contributed by atoms with Crippen molar-refractivity contribution in [2.75, 3.05) is 19.6 Å². The Morgan fingerprint density at radius 1 is 1.25 bits per heavy atom. The molecule has 2 saturated heterocycles. The van der Waals surface area contributed by atoms with Crippen molar-refractivity contribution in [1.29, 1.82) is 0 Å². The van der Waals surface area contributed by atoms with Crippen LogP contribution in [0, 0.1) is 11.8 Å². The Morgan fingerprint density at radius 3 is 2.55 bits per heavy atom. The number of hydrogen-bond acceptors (Lipinski definition) is 2. The first kappa shape index (κ1) is 15.1. The van der Waals surface area contributed by atoms with E-state index in [-0.39, 0.29) is 17.9 Å². The van der Waals surface area contributed by atoms with E-state index in [1.54, 1.807) is 6.92 Å². The van der Waals surface area contributed by atoms with E-state index >= 15 is 0 Å². The van der Waals surface area contributed by atoms with Crippen molar-refractivity contribution < 1.29 is 14.7 Å². The monoisotopic (exact) mass is 282 g/mol. The molecular formula is C15H26N2O3. The minimum absolute atomic E-state index is 0.114. The summed E-state index contributed by atoms with van der Waals surface area (Å²) in [6, 6.07) is 0.480. The van der Waals surface area contributed by atoms with Crippen molar-refractivity contribution in [3.8, 4) is 0 Å². The first-order valence-electron chi connectivity index (χ1n) is 7.83. The van der Waals surface area contributed by atoms with Crippen LogP contribution >= 0.6 is 0 Å². The summed E-state index contributed by atoms with van der Waals surface area (Å²) in [5, 5.41) is 8.99. The number of carboxylic acids is 1. The molecule has 2 unspecified atom stereocenters. The fourth-order valence-corrected chi connectivity index (χ4v) is 3.22. The van der Waals surface area contributed by atoms with Crippen LogP contribution in [0.15, 0.2) is 0 Å². The second-order valence-corrected chi connectivity index (χ2v) is 6.18. The number of carbonyl (C=O) groups is 2. The molecule has 20 heavy (non-hydrogen) atoms. The topological polar surface area (TPSA) is 60.9 Å². The minimum Gasteiger partial charge on any atom is -0.481 e. The van der Waals surface area contributed by atoms with Gasteiger partial charge in [0.05, 0.1) is 5.92 Å². The molecule has 0 radical (unpaired) electrons. The van der Waals surface area contributed by atoms with E-state index in [0.29, 0.717) is 19.1 Å². The maximum absolute atomic E-state index is 12.5. The van der Waals surface area contributed by atoms with Crippen molar-refractivity contribution >= 4 is 12.0 Å². The second-order valence-electron chi connectivity index (χ2n) is 6.18. The molecule has 0 spiro atoms. The molecular weight excluding hydrogens is 256 g/mol. The third-order valence-corrected chi connectivity index (χ3v) is 4.87. The number of amides is 2. The fourth-order valence-electron chi connectivity index (χ4n) is 3.22. The van der Waals surface area contributed by atoms with Crippen LogP contribution in [-0.4, -0.2) is 52.6 Å². The highest BCUT2D eigenvalue weighted by atomic mass is 16.4. The van der Waals surface area contributed by atoms with Gasteiger partial charge in [0.2, 0.25) is 0 Å². The fraction of sp³-hybridized carbons (Fsp3) is 0.867. The summed E-state index contributed by atoms with van der Waals surface area (Å²) < 4.78 is 0. The van der Waals surface area contributed by atoms with Crippen LogP contribution in [0.3, 0.4) is 0 Å². The molecule has 2 fully saturated rings. The number of aliphatic carboxylic acids is 1. The summed E-state index contributed by atoms with van der Waals surface area (Å²) in [7, 11) is 0. The summed E-state index contributed by atoms with van der Waals surface area (Å²) in [6.07, 6.45) is 5.62. The first-order chi connectivity index (χ1) is 9.54. The van der Waals surface area contributed by atoms with Crippen molar-refractivity contribution in [1.82, 2.24) is 9.80 Å². The van der Waals surface area contributed by atoms with E-state index in [1.165, 1.54) is 12.8 Å². The van der Waals surface area contributed by atoms with Gasteiger partial charge in [0.25, 0.3) is 0 Å². The maximum Gasteiger partial charge on any atom is 0.320 e. The summed E-state index contributed by atoms with van der Waals surface area (Å²) in [5.41, 5.74) is 0. The molecule has 2 aliphatic rings. The lowest BCUT2D eigenvalue weighted by Crippen LogP contribution is -2.58. The highest BCUT2D eigenvalue weighted by Gasteiger charge is 2.39. The van der Waals surface area contributed by atoms with Crippen molar-refractivity contribution in [2.45, 2.75) is 52.0 Å². The lowest BCUT2D eigenvalue weighted by atomic mass is 9.87. The van der Waals surface area contributed by atoms with E-state index in [0.717, 1.165) is 25.8 Å². The van der Waals surface area contributed by atoms with Crippen LogP contribution in [0.25, 0.3) is 0 Å². The number of likely N-dealkylation sites (tertiary alicyclic amines) is 2. The second kappa shape index (κ2) is 6.46. The summed E-state index contributed by atoms with van der Waals surface area (Å²) >= 11 is 0. The number of carboxylic acid groups (broad SMARTS) is 1. The molecule has 2 heterocycles. The van der Waals surface area contributed by atoms with Crippen LogP contribution in [0.2, 0.25) is 0 Å². The number of rotatable bonds is 3. The highest BCUT2D eigenvalue weighted by molar-refractivity contribution is 5.76. The third-order valence-electron chi connectivity index (χ3n) is 4.87. The predicted molar refractivity (Wildman–Crippen MR) is 76.5 cm³/mol. The summed E-state index contributed by atoms with van der Waals surface area (Å²) in [5.74, 6) is -1.00. The lowest BCUT2D eigenvalue weighted by molar-refractivity contribution is -0.145. The Hall–Kier alpha value is -1.26. The van der Waals surface area contributed by atoms with Gasteiger partial charge in [-0.1, -0.05) is 26.7 Å². The molecule has 2 aliphatic heterocycles. The van der Waals surface area contributed by atoms with E-state index in [2.05, 4.69) is 6.92 Å². The van der Waals surface area contributed by atoms with Crippen LogP contribution in [0.5, 0.6) is 0 Å². The van der Waals surface area contributed by atoms with Crippen LogP contribution in [-0.2, 0) is 4.79 Å². The average Bonchev–Trinajstić information content (AvgIpc) is 2.61. The van der Waals surface area contributed by atoms with E-state index in [9.17, 15) is 9.59 Å². The highest BCUT2D eigenvalue weighted by Crippen LogP contribution is 2.27. The van der Waals surface area contributed by atoms with Gasteiger partial charge in [0.15, 0.2) is 0 Å². The Morgan fingerprint density at radius 2 is 1.95 bits per heavy atom. The molecule has 2 atom stereocenters. The molecule has 1 N–H and O–H groups in total. The van der Waals surface area contributed by atoms with Gasteiger partial charge in [0.1, 0.15) is 0 Å². The van der Waals surface area contributed by atoms with Gasteiger partial charge in [0, 0.05) is 31.6 Å². The van der Waals surface area contributed by atoms with E-state index in [1.807, 2.05) is 9.80 Å². The lowest BCUT2D eigenvalue weighted by Gasteiger charge is -2.44. The van der Waals surface area contributed by atoms with Crippen molar-refractivity contribution in [3.05, 3.63) is 0 Å². The Kier molecular flexibility index (Phi) is 4.89. The van der Waals surface area contributed by atoms with Crippen molar-refractivity contribution in [3.63, 3.8) is 0 Å². The third kappa shape index (κ3) is 3.07. The molecule has 0 bridgehead atoms. The molecule has 5 nitrogen and oxygen atoms in total. The van der Waals surface area contributed by atoms with Crippen molar-refractivity contribution in [2.24, 2.45) is 11.8 Å². The van der Waals surface area contributed by atoms with Crippen LogP contribution < -0.4 is 0 Å². The molecule has 2 amide bonds. The largest absolute Gasteiger partial charge is 0.481 e. The van der Waals surface area contributed by atoms with Crippen LogP contribution in [0.4, 0.5) is 4.79 Å². The first-order valence-corrected chi connectivity index (χ1v) is 7.83. The average molecular weight is 282 g/mol. The molecule has 5 heteroatoms.